The van der Waals surface area contributed by atoms with Crippen molar-refractivity contribution < 1.29 is 9.53 Å². The second-order valence-corrected chi connectivity index (χ2v) is 6.80. The highest BCUT2D eigenvalue weighted by Crippen LogP contribution is 2.25. The number of nitrogen functional groups attached to an aromatic ring is 1. The summed E-state index contributed by atoms with van der Waals surface area (Å²) in [7, 11) is 1.83. The van der Waals surface area contributed by atoms with Crippen LogP contribution in [0.15, 0.2) is 29.4 Å². The van der Waals surface area contributed by atoms with E-state index in [0.717, 1.165) is 24.2 Å². The first kappa shape index (κ1) is 16.6. The zero-order valence-electron chi connectivity index (χ0n) is 13.8. The number of nitrogens with two attached hydrogens (primary N) is 1. The van der Waals surface area contributed by atoms with Crippen LogP contribution in [-0.2, 0) is 10.5 Å². The third kappa shape index (κ3) is 4.00. The van der Waals surface area contributed by atoms with Crippen molar-refractivity contribution in [1.82, 2.24) is 19.8 Å². The molecule has 3 rings (SSSR count). The quantitative estimate of drug-likeness (QED) is 0.605. The normalized spacial score (nSPS) is 13.8. The second-order valence-electron chi connectivity index (χ2n) is 5.86. The maximum atomic E-state index is 11.9. The Bertz CT molecular complexity index is 712. The summed E-state index contributed by atoms with van der Waals surface area (Å²) < 4.78 is 7.04. The molecule has 1 aromatic carbocycles. The van der Waals surface area contributed by atoms with Crippen molar-refractivity contribution in [2.24, 2.45) is 0 Å². The van der Waals surface area contributed by atoms with Crippen LogP contribution in [0.25, 0.3) is 0 Å². The molecule has 8 heteroatoms. The fraction of sp³-hybridized carbons (Fsp3) is 0.438. The van der Waals surface area contributed by atoms with E-state index in [1.165, 1.54) is 16.4 Å². The molecule has 1 saturated carbocycles. The number of aryl methyl sites for hydroxylation is 1. The van der Waals surface area contributed by atoms with E-state index in [9.17, 15) is 4.79 Å². The van der Waals surface area contributed by atoms with Crippen LogP contribution in [0.2, 0.25) is 0 Å². The Labute approximate surface area is 145 Å². The third-order valence-electron chi connectivity index (χ3n) is 3.98. The lowest BCUT2D eigenvalue weighted by molar-refractivity contribution is -0.132. The average Bonchev–Trinajstić information content (AvgIpc) is 3.39. The number of carbonyl (C=O) groups is 1. The first-order valence-electron chi connectivity index (χ1n) is 7.82. The van der Waals surface area contributed by atoms with Gasteiger partial charge in [0.25, 0.3) is 5.91 Å². The molecule has 2 N–H and O–H groups in total. The predicted octanol–water partition coefficient (Wildman–Crippen LogP) is 1.59. The average molecular weight is 347 g/mol. The van der Waals surface area contributed by atoms with Crippen LogP contribution in [0, 0.1) is 6.92 Å². The monoisotopic (exact) mass is 347 g/mol. The van der Waals surface area contributed by atoms with Gasteiger partial charge in [-0.25, -0.2) is 4.68 Å². The number of aromatic nitrogens is 3. The minimum absolute atomic E-state index is 0.0229. The van der Waals surface area contributed by atoms with Gasteiger partial charge in [-0.3, -0.25) is 4.79 Å². The second kappa shape index (κ2) is 7.12. The van der Waals surface area contributed by atoms with E-state index in [2.05, 4.69) is 10.2 Å². The van der Waals surface area contributed by atoms with Crippen LogP contribution in [-0.4, -0.2) is 45.4 Å². The molecular weight excluding hydrogens is 326 g/mol. The largest absolute Gasteiger partial charge is 0.484 e. The number of ether oxygens (including phenoxy) is 1. The fourth-order valence-electron chi connectivity index (χ4n) is 2.19. The minimum atomic E-state index is 0.0229. The molecule has 0 atom stereocenters. The fourth-order valence-corrected chi connectivity index (χ4v) is 3.05. The van der Waals surface area contributed by atoms with Crippen molar-refractivity contribution in [3.63, 3.8) is 0 Å². The Morgan fingerprint density at radius 3 is 2.67 bits per heavy atom. The number of hydrogen-bond donors (Lipinski definition) is 1. The highest BCUT2D eigenvalue weighted by molar-refractivity contribution is 7.98. The Morgan fingerprint density at radius 1 is 1.38 bits per heavy atom. The molecule has 1 aliphatic carbocycles. The number of amides is 1. The first-order chi connectivity index (χ1) is 11.5. The maximum Gasteiger partial charge on any atom is 0.260 e. The highest BCUT2D eigenvalue weighted by atomic mass is 32.2. The number of likely N-dealkylation sites (N-methyl/N-ethyl adjacent to an activating group) is 1. The molecule has 1 amide bonds. The van der Waals surface area contributed by atoms with E-state index in [-0.39, 0.29) is 12.5 Å². The summed E-state index contributed by atoms with van der Waals surface area (Å²) in [5.41, 5.74) is 1.12. The molecule has 1 aliphatic rings. The Hall–Kier alpha value is -2.22. The van der Waals surface area contributed by atoms with Crippen LogP contribution in [0.3, 0.4) is 0 Å². The maximum absolute atomic E-state index is 11.9. The lowest BCUT2D eigenvalue weighted by Gasteiger charge is -2.16. The summed E-state index contributed by atoms with van der Waals surface area (Å²) in [6, 6.07) is 8.11. The lowest BCUT2D eigenvalue weighted by Crippen LogP contribution is -2.33. The SMILES string of the molecule is Cc1nnc(SCc2ccc(OCC(=O)N(C)C3CC3)cc2)n1N. The van der Waals surface area contributed by atoms with Crippen molar-refractivity contribution in [1.29, 1.82) is 0 Å². The van der Waals surface area contributed by atoms with E-state index in [0.29, 0.717) is 22.8 Å². The van der Waals surface area contributed by atoms with Gasteiger partial charge in [0.1, 0.15) is 11.6 Å². The van der Waals surface area contributed by atoms with E-state index in [1.54, 1.807) is 4.90 Å². The molecule has 0 bridgehead atoms. The summed E-state index contributed by atoms with van der Waals surface area (Å²) in [6.07, 6.45) is 2.20. The summed E-state index contributed by atoms with van der Waals surface area (Å²) in [5, 5.41) is 8.62. The van der Waals surface area contributed by atoms with Gasteiger partial charge >= 0.3 is 0 Å². The molecule has 0 aliphatic heterocycles. The summed E-state index contributed by atoms with van der Waals surface area (Å²) in [4.78, 5) is 13.7. The van der Waals surface area contributed by atoms with Crippen LogP contribution < -0.4 is 10.6 Å². The molecule has 7 nitrogen and oxygen atoms in total. The number of carbonyl (C=O) groups excluding carboxylic acids is 1. The first-order valence-corrected chi connectivity index (χ1v) is 8.80. The van der Waals surface area contributed by atoms with Crippen molar-refractivity contribution in [2.75, 3.05) is 19.5 Å². The van der Waals surface area contributed by atoms with Gasteiger partial charge in [0.15, 0.2) is 6.61 Å². The molecule has 128 valence electrons. The number of rotatable bonds is 7. The van der Waals surface area contributed by atoms with Gasteiger partial charge in [0, 0.05) is 18.8 Å². The molecule has 24 heavy (non-hydrogen) atoms. The summed E-state index contributed by atoms with van der Waals surface area (Å²) in [5.74, 6) is 7.96. The number of thioether (sulfide) groups is 1. The van der Waals surface area contributed by atoms with Gasteiger partial charge in [-0.05, 0) is 37.5 Å². The van der Waals surface area contributed by atoms with Crippen LogP contribution in [0.1, 0.15) is 24.2 Å². The predicted molar refractivity (Wildman–Crippen MR) is 92.2 cm³/mol. The van der Waals surface area contributed by atoms with Crippen LogP contribution in [0.5, 0.6) is 5.75 Å². The number of nitrogens with zero attached hydrogens (tertiary/aromatic N) is 4. The molecule has 1 heterocycles. The third-order valence-corrected chi connectivity index (χ3v) is 4.99. The molecule has 0 radical (unpaired) electrons. The Morgan fingerprint density at radius 2 is 2.08 bits per heavy atom. The molecule has 0 spiro atoms. The van der Waals surface area contributed by atoms with Crippen molar-refractivity contribution in [3.05, 3.63) is 35.7 Å². The zero-order valence-corrected chi connectivity index (χ0v) is 14.6. The van der Waals surface area contributed by atoms with Gasteiger partial charge in [-0.15, -0.1) is 10.2 Å². The smallest absolute Gasteiger partial charge is 0.260 e. The minimum Gasteiger partial charge on any atom is -0.484 e. The van der Waals surface area contributed by atoms with E-state index in [4.69, 9.17) is 10.6 Å². The van der Waals surface area contributed by atoms with Gasteiger partial charge in [-0.2, -0.15) is 0 Å². The molecule has 0 unspecified atom stereocenters. The van der Waals surface area contributed by atoms with Gasteiger partial charge in [0.05, 0.1) is 0 Å². The van der Waals surface area contributed by atoms with E-state index < -0.39 is 0 Å². The number of benzene rings is 1. The van der Waals surface area contributed by atoms with E-state index >= 15 is 0 Å². The Kier molecular flexibility index (Phi) is 4.94. The standard InChI is InChI=1S/C16H21N5O2S/c1-11-18-19-16(21(11)17)24-10-12-3-7-14(8-4-12)23-9-15(22)20(2)13-5-6-13/h3-4,7-8,13H,5-6,9-10,17H2,1-2H3. The van der Waals surface area contributed by atoms with Gasteiger partial charge in [-0.1, -0.05) is 23.9 Å². The zero-order chi connectivity index (χ0) is 17.1. The molecule has 0 saturated heterocycles. The molecule has 2 aromatic rings. The van der Waals surface area contributed by atoms with Gasteiger partial charge < -0.3 is 15.5 Å². The van der Waals surface area contributed by atoms with Gasteiger partial charge in [0.2, 0.25) is 5.16 Å². The van der Waals surface area contributed by atoms with Crippen LogP contribution in [0.4, 0.5) is 0 Å². The van der Waals surface area contributed by atoms with Crippen LogP contribution >= 0.6 is 11.8 Å². The molecule has 1 fully saturated rings. The number of hydrogen-bond acceptors (Lipinski definition) is 6. The van der Waals surface area contributed by atoms with Crippen molar-refractivity contribution >= 4 is 17.7 Å². The van der Waals surface area contributed by atoms with Crippen molar-refractivity contribution in [2.45, 2.75) is 36.7 Å². The lowest BCUT2D eigenvalue weighted by atomic mass is 10.2. The summed E-state index contributed by atoms with van der Waals surface area (Å²) in [6.45, 7) is 1.89. The Balaban J connectivity index is 1.48. The van der Waals surface area contributed by atoms with E-state index in [1.807, 2.05) is 38.2 Å². The van der Waals surface area contributed by atoms with Crippen molar-refractivity contribution in [3.8, 4) is 5.75 Å². The summed E-state index contributed by atoms with van der Waals surface area (Å²) >= 11 is 1.52. The molecular formula is C16H21N5O2S. The highest BCUT2D eigenvalue weighted by Gasteiger charge is 2.29. The molecule has 1 aromatic heterocycles. The topological polar surface area (TPSA) is 86.3 Å².